The Hall–Kier alpha value is -2.69. The minimum atomic E-state index is -0.930. The summed E-state index contributed by atoms with van der Waals surface area (Å²) in [4.78, 5) is 11.2. The number of rotatable bonds is 6. The molecule has 0 heterocycles. The maximum absolute atomic E-state index is 11.2. The number of fused-ring (bicyclic) bond motifs is 2. The third-order valence-electron chi connectivity index (χ3n) is 4.97. The fourth-order valence-corrected chi connectivity index (χ4v) is 3.55. The molecule has 0 saturated heterocycles. The number of hydrogen-bond donors (Lipinski definition) is 2. The monoisotopic (exact) mass is 378 g/mol. The zero-order chi connectivity index (χ0) is 19.9. The molecule has 4 heteroatoms. The highest BCUT2D eigenvalue weighted by molar-refractivity contribution is 5.90. The summed E-state index contributed by atoms with van der Waals surface area (Å²) >= 11 is 0. The van der Waals surface area contributed by atoms with Crippen molar-refractivity contribution in [2.24, 2.45) is 0 Å². The van der Waals surface area contributed by atoms with Crippen LogP contribution in [0.3, 0.4) is 0 Å². The molecule has 2 N–H and O–H groups in total. The van der Waals surface area contributed by atoms with Crippen molar-refractivity contribution in [3.63, 3.8) is 0 Å². The zero-order valence-electron chi connectivity index (χ0n) is 16.0. The first kappa shape index (κ1) is 20.1. The van der Waals surface area contributed by atoms with E-state index in [1.165, 1.54) is 29.4 Å². The second-order valence-corrected chi connectivity index (χ2v) is 7.00. The number of methoxy groups -OCH3 is 1. The lowest BCUT2D eigenvalue weighted by Gasteiger charge is -2.15. The fraction of sp³-hybridized carbons (Fsp3) is 0.292. The molecule has 4 nitrogen and oxygen atoms in total. The largest absolute Gasteiger partial charge is 0.469 e. The number of benzene rings is 1. The number of carbonyl (C=O) groups excluding carboxylic acids is 1. The van der Waals surface area contributed by atoms with E-state index in [-0.39, 0.29) is 12.8 Å². The summed E-state index contributed by atoms with van der Waals surface area (Å²) < 4.78 is 4.52. The van der Waals surface area contributed by atoms with Gasteiger partial charge in [0.25, 0.3) is 0 Å². The fourth-order valence-electron chi connectivity index (χ4n) is 3.55. The lowest BCUT2D eigenvalue weighted by molar-refractivity contribution is -0.143. The van der Waals surface area contributed by atoms with E-state index < -0.39 is 18.2 Å². The van der Waals surface area contributed by atoms with Gasteiger partial charge in [0.1, 0.15) is 0 Å². The van der Waals surface area contributed by atoms with Crippen LogP contribution in [-0.4, -0.2) is 35.5 Å². The number of aliphatic hydroxyl groups excluding tert-OH is 2. The standard InChI is InChI=1S/C24H26O4/c1-28-24(27)16-20(26)15-19(25)9-6-8-18-14-13-17-7-2-3-10-21(17)23-12-5-4-11-22(18)23/h2,4-9,11-14,19-20,25-26H,3,10,15-16H2,1H3/b9-6+,18-8+/t19-,20-/m1/s1. The van der Waals surface area contributed by atoms with Gasteiger partial charge in [-0.05, 0) is 40.7 Å². The van der Waals surface area contributed by atoms with Crippen LogP contribution in [0.1, 0.15) is 36.8 Å². The molecule has 1 aromatic rings. The van der Waals surface area contributed by atoms with Gasteiger partial charge in [-0.25, -0.2) is 0 Å². The predicted octanol–water partition coefficient (Wildman–Crippen LogP) is 3.97. The Labute approximate surface area is 165 Å². The molecule has 0 saturated carbocycles. The molecule has 0 unspecified atom stereocenters. The number of allylic oxidation sites excluding steroid dienone is 9. The van der Waals surface area contributed by atoms with Crippen molar-refractivity contribution >= 4 is 17.1 Å². The van der Waals surface area contributed by atoms with E-state index in [1.807, 2.05) is 12.1 Å². The van der Waals surface area contributed by atoms with Crippen molar-refractivity contribution in [1.82, 2.24) is 0 Å². The predicted molar refractivity (Wildman–Crippen MR) is 111 cm³/mol. The second kappa shape index (κ2) is 9.49. The molecule has 28 heavy (non-hydrogen) atoms. The minimum absolute atomic E-state index is 0.0852. The number of carbonyl (C=O) groups is 1. The summed E-state index contributed by atoms with van der Waals surface area (Å²) in [6.45, 7) is 0. The van der Waals surface area contributed by atoms with Gasteiger partial charge in [-0.2, -0.15) is 0 Å². The minimum Gasteiger partial charge on any atom is -0.469 e. The van der Waals surface area contributed by atoms with E-state index in [1.54, 1.807) is 12.2 Å². The van der Waals surface area contributed by atoms with Gasteiger partial charge >= 0.3 is 5.97 Å². The smallest absolute Gasteiger partial charge is 0.308 e. The Morgan fingerprint density at radius 2 is 1.96 bits per heavy atom. The van der Waals surface area contributed by atoms with Crippen molar-refractivity contribution in [3.05, 3.63) is 83.5 Å². The third-order valence-corrected chi connectivity index (χ3v) is 4.97. The molecule has 146 valence electrons. The van der Waals surface area contributed by atoms with Gasteiger partial charge in [-0.1, -0.05) is 66.8 Å². The molecule has 2 aliphatic rings. The van der Waals surface area contributed by atoms with Crippen LogP contribution in [0, 0.1) is 0 Å². The van der Waals surface area contributed by atoms with Crippen LogP contribution in [0.2, 0.25) is 0 Å². The lowest BCUT2D eigenvalue weighted by atomic mass is 9.89. The molecule has 0 radical (unpaired) electrons. The van der Waals surface area contributed by atoms with Crippen molar-refractivity contribution in [1.29, 1.82) is 0 Å². The quantitative estimate of drug-likeness (QED) is 0.735. The highest BCUT2D eigenvalue weighted by atomic mass is 16.5. The number of esters is 1. The third kappa shape index (κ3) is 4.97. The molecular weight excluding hydrogens is 352 g/mol. The number of hydrogen-bond acceptors (Lipinski definition) is 4. The van der Waals surface area contributed by atoms with Gasteiger partial charge in [-0.3, -0.25) is 4.79 Å². The van der Waals surface area contributed by atoms with Crippen LogP contribution in [0.25, 0.3) is 11.1 Å². The molecule has 0 bridgehead atoms. The molecule has 1 aromatic carbocycles. The lowest BCUT2D eigenvalue weighted by Crippen LogP contribution is -2.20. The van der Waals surface area contributed by atoms with Crippen molar-refractivity contribution in [2.45, 2.75) is 37.9 Å². The molecule has 2 aliphatic carbocycles. The maximum atomic E-state index is 11.2. The number of ether oxygens (including phenoxy) is 1. The molecule has 0 aliphatic heterocycles. The second-order valence-electron chi connectivity index (χ2n) is 7.00. The highest BCUT2D eigenvalue weighted by Gasteiger charge is 2.17. The van der Waals surface area contributed by atoms with E-state index in [2.05, 4.69) is 47.2 Å². The average molecular weight is 378 g/mol. The molecule has 0 fully saturated rings. The molecule has 0 spiro atoms. The first-order chi connectivity index (χ1) is 13.6. The summed E-state index contributed by atoms with van der Waals surface area (Å²) in [5, 5.41) is 19.9. The molecule has 2 atom stereocenters. The summed E-state index contributed by atoms with van der Waals surface area (Å²) in [6.07, 6.45) is 14.3. The van der Waals surface area contributed by atoms with Gasteiger partial charge in [0, 0.05) is 6.42 Å². The van der Waals surface area contributed by atoms with Crippen LogP contribution >= 0.6 is 0 Å². The summed E-state index contributed by atoms with van der Waals surface area (Å²) in [5.74, 6) is -0.489. The summed E-state index contributed by atoms with van der Waals surface area (Å²) in [5.41, 5.74) is 6.10. The Morgan fingerprint density at radius 3 is 2.75 bits per heavy atom. The van der Waals surface area contributed by atoms with Crippen LogP contribution in [-0.2, 0) is 9.53 Å². The molecule has 0 amide bonds. The topological polar surface area (TPSA) is 66.8 Å². The zero-order valence-corrected chi connectivity index (χ0v) is 16.0. The summed E-state index contributed by atoms with van der Waals surface area (Å²) in [7, 11) is 1.28. The Balaban J connectivity index is 1.75. The van der Waals surface area contributed by atoms with E-state index in [0.717, 1.165) is 18.4 Å². The van der Waals surface area contributed by atoms with Gasteiger partial charge in [0.05, 0.1) is 25.7 Å². The Kier molecular flexibility index (Phi) is 6.80. The van der Waals surface area contributed by atoms with E-state index in [9.17, 15) is 15.0 Å². The van der Waals surface area contributed by atoms with Gasteiger partial charge in [-0.15, -0.1) is 0 Å². The molecule has 3 rings (SSSR count). The first-order valence-electron chi connectivity index (χ1n) is 9.57. The van der Waals surface area contributed by atoms with E-state index in [0.29, 0.717) is 0 Å². The van der Waals surface area contributed by atoms with Gasteiger partial charge in [0.2, 0.25) is 0 Å². The van der Waals surface area contributed by atoms with Gasteiger partial charge < -0.3 is 14.9 Å². The highest BCUT2D eigenvalue weighted by Crippen LogP contribution is 2.37. The average Bonchev–Trinajstić information content (AvgIpc) is 2.85. The first-order valence-corrected chi connectivity index (χ1v) is 9.57. The van der Waals surface area contributed by atoms with Crippen LogP contribution in [0.15, 0.2) is 72.4 Å². The maximum Gasteiger partial charge on any atom is 0.308 e. The molecular formula is C24H26O4. The Morgan fingerprint density at radius 1 is 1.18 bits per heavy atom. The molecule has 0 aromatic heterocycles. The van der Waals surface area contributed by atoms with Crippen molar-refractivity contribution in [3.8, 4) is 0 Å². The number of aliphatic hydroxyl groups is 2. The SMILES string of the molecule is COC(=O)C[C@H](O)C[C@H](O)/C=C/C=C1\C=CC2=C(CCC=C2)c2ccccc21. The van der Waals surface area contributed by atoms with Crippen LogP contribution in [0.5, 0.6) is 0 Å². The van der Waals surface area contributed by atoms with Crippen LogP contribution < -0.4 is 0 Å². The normalized spacial score (nSPS) is 19.3. The van der Waals surface area contributed by atoms with E-state index in [4.69, 9.17) is 0 Å². The Bertz CT molecular complexity index is 870. The van der Waals surface area contributed by atoms with Crippen molar-refractivity contribution in [2.75, 3.05) is 7.11 Å². The van der Waals surface area contributed by atoms with E-state index >= 15 is 0 Å². The van der Waals surface area contributed by atoms with Gasteiger partial charge in [0.15, 0.2) is 0 Å². The van der Waals surface area contributed by atoms with Crippen LogP contribution in [0.4, 0.5) is 0 Å². The van der Waals surface area contributed by atoms with Crippen molar-refractivity contribution < 1.29 is 19.7 Å². The summed E-state index contributed by atoms with van der Waals surface area (Å²) in [6, 6.07) is 8.37.